The summed E-state index contributed by atoms with van der Waals surface area (Å²) in [4.78, 5) is 10.4. The van der Waals surface area contributed by atoms with Gasteiger partial charge in [0.25, 0.3) is 0 Å². The zero-order valence-electron chi connectivity index (χ0n) is 12.5. The Balaban J connectivity index is 3.05. The van der Waals surface area contributed by atoms with Gasteiger partial charge in [0.15, 0.2) is 0 Å². The molecule has 0 radical (unpaired) electrons. The molecular formula is C17H32O. The Hall–Kier alpha value is -0.590. The van der Waals surface area contributed by atoms with E-state index >= 15 is 0 Å². The predicted octanol–water partition coefficient (Wildman–Crippen LogP) is 5.83. The molecule has 0 unspecified atom stereocenters. The SMILES string of the molecule is CCCCCCCCCCCCCC=C(C)C=O. The molecule has 0 aliphatic carbocycles. The van der Waals surface area contributed by atoms with E-state index in [0.29, 0.717) is 0 Å². The van der Waals surface area contributed by atoms with Gasteiger partial charge in [-0.2, -0.15) is 0 Å². The van der Waals surface area contributed by atoms with E-state index in [-0.39, 0.29) is 0 Å². The van der Waals surface area contributed by atoms with Crippen molar-refractivity contribution in [2.24, 2.45) is 0 Å². The lowest BCUT2D eigenvalue weighted by Gasteiger charge is -2.01. The molecule has 0 aromatic heterocycles. The number of rotatable bonds is 13. The molecule has 0 aromatic carbocycles. The molecule has 0 fully saturated rings. The summed E-state index contributed by atoms with van der Waals surface area (Å²) in [5, 5.41) is 0. The van der Waals surface area contributed by atoms with E-state index in [0.717, 1.165) is 18.3 Å². The molecule has 0 atom stereocenters. The number of allylic oxidation sites excluding steroid dienone is 2. The van der Waals surface area contributed by atoms with Gasteiger partial charge in [-0.15, -0.1) is 0 Å². The number of aldehydes is 1. The van der Waals surface area contributed by atoms with Crippen molar-refractivity contribution in [1.82, 2.24) is 0 Å². The highest BCUT2D eigenvalue weighted by molar-refractivity contribution is 5.71. The van der Waals surface area contributed by atoms with Gasteiger partial charge in [-0.3, -0.25) is 4.79 Å². The second-order valence-electron chi connectivity index (χ2n) is 5.39. The largest absolute Gasteiger partial charge is 0.298 e. The molecule has 1 nitrogen and oxygen atoms in total. The molecular weight excluding hydrogens is 220 g/mol. The maximum Gasteiger partial charge on any atom is 0.145 e. The van der Waals surface area contributed by atoms with E-state index in [9.17, 15) is 4.79 Å². The minimum absolute atomic E-state index is 0.877. The van der Waals surface area contributed by atoms with Crippen molar-refractivity contribution in [3.8, 4) is 0 Å². The highest BCUT2D eigenvalue weighted by Crippen LogP contribution is 2.12. The average molecular weight is 252 g/mol. The summed E-state index contributed by atoms with van der Waals surface area (Å²) in [6.45, 7) is 4.15. The molecule has 0 aliphatic rings. The lowest BCUT2D eigenvalue weighted by molar-refractivity contribution is -0.104. The van der Waals surface area contributed by atoms with Crippen LogP contribution in [0.25, 0.3) is 0 Å². The monoisotopic (exact) mass is 252 g/mol. The molecule has 106 valence electrons. The Bertz CT molecular complexity index is 206. The van der Waals surface area contributed by atoms with Crippen LogP contribution in [0.1, 0.15) is 90.9 Å². The van der Waals surface area contributed by atoms with Gasteiger partial charge in [0.1, 0.15) is 6.29 Å². The fourth-order valence-corrected chi connectivity index (χ4v) is 2.19. The Morgan fingerprint density at radius 2 is 1.22 bits per heavy atom. The Morgan fingerprint density at radius 1 is 0.778 bits per heavy atom. The van der Waals surface area contributed by atoms with Crippen LogP contribution in [0.3, 0.4) is 0 Å². The van der Waals surface area contributed by atoms with E-state index in [1.807, 2.05) is 6.92 Å². The van der Waals surface area contributed by atoms with Crippen molar-refractivity contribution in [3.63, 3.8) is 0 Å². The average Bonchev–Trinajstić information content (AvgIpc) is 2.39. The van der Waals surface area contributed by atoms with Crippen molar-refractivity contribution >= 4 is 6.29 Å². The van der Waals surface area contributed by atoms with Crippen LogP contribution in [0, 0.1) is 0 Å². The first-order chi connectivity index (χ1) is 8.81. The minimum atomic E-state index is 0.877. The lowest BCUT2D eigenvalue weighted by atomic mass is 10.0. The molecule has 0 N–H and O–H groups in total. The maximum absolute atomic E-state index is 10.4. The Morgan fingerprint density at radius 3 is 1.67 bits per heavy atom. The number of hydrogen-bond acceptors (Lipinski definition) is 1. The number of unbranched alkanes of at least 4 members (excludes halogenated alkanes) is 11. The van der Waals surface area contributed by atoms with Crippen molar-refractivity contribution in [2.75, 3.05) is 0 Å². The quantitative estimate of drug-likeness (QED) is 0.229. The van der Waals surface area contributed by atoms with Crippen LogP contribution in [-0.2, 0) is 4.79 Å². The molecule has 0 saturated carbocycles. The molecule has 18 heavy (non-hydrogen) atoms. The van der Waals surface area contributed by atoms with Crippen LogP contribution >= 0.6 is 0 Å². The van der Waals surface area contributed by atoms with Crippen LogP contribution in [0.5, 0.6) is 0 Å². The highest BCUT2D eigenvalue weighted by atomic mass is 16.1. The van der Waals surface area contributed by atoms with Gasteiger partial charge >= 0.3 is 0 Å². The van der Waals surface area contributed by atoms with Gasteiger partial charge in [0, 0.05) is 0 Å². The zero-order chi connectivity index (χ0) is 13.5. The number of carbonyl (C=O) groups excluding carboxylic acids is 1. The minimum Gasteiger partial charge on any atom is -0.298 e. The molecule has 0 spiro atoms. The van der Waals surface area contributed by atoms with E-state index < -0.39 is 0 Å². The number of hydrogen-bond donors (Lipinski definition) is 0. The van der Waals surface area contributed by atoms with Crippen LogP contribution in [0.4, 0.5) is 0 Å². The summed E-state index contributed by atoms with van der Waals surface area (Å²) in [7, 11) is 0. The van der Waals surface area contributed by atoms with Gasteiger partial charge in [-0.1, -0.05) is 77.2 Å². The molecule has 0 bridgehead atoms. The van der Waals surface area contributed by atoms with Crippen LogP contribution < -0.4 is 0 Å². The Kier molecular flexibility index (Phi) is 14.0. The normalized spacial score (nSPS) is 11.8. The standard InChI is InChI=1S/C17H32O/c1-3-4-5-6-7-8-9-10-11-12-13-14-15-17(2)16-18/h15-16H,3-14H2,1-2H3. The first-order valence-corrected chi connectivity index (χ1v) is 7.93. The second kappa shape index (κ2) is 14.5. The number of carbonyl (C=O) groups is 1. The van der Waals surface area contributed by atoms with Gasteiger partial charge in [0.05, 0.1) is 0 Å². The van der Waals surface area contributed by atoms with E-state index in [1.165, 1.54) is 70.6 Å². The summed E-state index contributed by atoms with van der Waals surface area (Å²) in [6, 6.07) is 0. The third kappa shape index (κ3) is 13.5. The summed E-state index contributed by atoms with van der Waals surface area (Å²) < 4.78 is 0. The molecule has 0 saturated heterocycles. The molecule has 0 amide bonds. The smallest absolute Gasteiger partial charge is 0.145 e. The predicted molar refractivity (Wildman–Crippen MR) is 80.9 cm³/mol. The van der Waals surface area contributed by atoms with Gasteiger partial charge in [0.2, 0.25) is 0 Å². The van der Waals surface area contributed by atoms with Crippen molar-refractivity contribution in [2.45, 2.75) is 90.9 Å². The molecule has 0 heterocycles. The van der Waals surface area contributed by atoms with Crippen molar-refractivity contribution < 1.29 is 4.79 Å². The van der Waals surface area contributed by atoms with Crippen molar-refractivity contribution in [1.29, 1.82) is 0 Å². The van der Waals surface area contributed by atoms with E-state index in [2.05, 4.69) is 13.0 Å². The summed E-state index contributed by atoms with van der Waals surface area (Å²) >= 11 is 0. The van der Waals surface area contributed by atoms with Crippen LogP contribution in [0.2, 0.25) is 0 Å². The highest BCUT2D eigenvalue weighted by Gasteiger charge is 1.92. The fourth-order valence-electron chi connectivity index (χ4n) is 2.19. The van der Waals surface area contributed by atoms with E-state index in [1.54, 1.807) is 0 Å². The first kappa shape index (κ1) is 17.4. The van der Waals surface area contributed by atoms with Crippen LogP contribution in [-0.4, -0.2) is 6.29 Å². The maximum atomic E-state index is 10.4. The van der Waals surface area contributed by atoms with Crippen LogP contribution in [0.15, 0.2) is 11.6 Å². The summed E-state index contributed by atoms with van der Waals surface area (Å²) in [6.07, 6.45) is 19.3. The lowest BCUT2D eigenvalue weighted by Crippen LogP contribution is -1.82. The van der Waals surface area contributed by atoms with Gasteiger partial charge < -0.3 is 0 Å². The molecule has 0 rings (SSSR count). The molecule has 1 heteroatoms. The third-order valence-electron chi connectivity index (χ3n) is 3.46. The fraction of sp³-hybridized carbons (Fsp3) is 0.824. The molecule has 0 aromatic rings. The van der Waals surface area contributed by atoms with Crippen molar-refractivity contribution in [3.05, 3.63) is 11.6 Å². The first-order valence-electron chi connectivity index (χ1n) is 7.93. The Labute approximate surface area is 114 Å². The second-order valence-corrected chi connectivity index (χ2v) is 5.39. The molecule has 0 aliphatic heterocycles. The van der Waals surface area contributed by atoms with Gasteiger partial charge in [-0.25, -0.2) is 0 Å². The zero-order valence-corrected chi connectivity index (χ0v) is 12.5. The van der Waals surface area contributed by atoms with E-state index in [4.69, 9.17) is 0 Å². The van der Waals surface area contributed by atoms with Gasteiger partial charge in [-0.05, 0) is 25.3 Å². The third-order valence-corrected chi connectivity index (χ3v) is 3.46. The topological polar surface area (TPSA) is 17.1 Å². The summed E-state index contributed by atoms with van der Waals surface area (Å²) in [5.74, 6) is 0. The summed E-state index contributed by atoms with van der Waals surface area (Å²) in [5.41, 5.74) is 0.877.